The van der Waals surface area contributed by atoms with Crippen molar-refractivity contribution in [2.24, 2.45) is 0 Å². The van der Waals surface area contributed by atoms with Crippen LogP contribution in [0.15, 0.2) is 12.2 Å². The lowest BCUT2D eigenvalue weighted by Crippen LogP contribution is -2.43. The van der Waals surface area contributed by atoms with Gasteiger partial charge < -0.3 is 25.2 Å². The Balaban J connectivity index is 4.05. The van der Waals surface area contributed by atoms with Crippen LogP contribution in [0.4, 0.5) is 0 Å². The summed E-state index contributed by atoms with van der Waals surface area (Å²) in [5.41, 5.74) is 0. The van der Waals surface area contributed by atoms with Crippen LogP contribution in [0.5, 0.6) is 0 Å². The molecular formula is C40H76NO10P. The lowest BCUT2D eigenvalue weighted by Gasteiger charge is -2.20. The van der Waals surface area contributed by atoms with E-state index in [1.165, 1.54) is 96.3 Å². The minimum Gasteiger partial charge on any atom is -0.480 e. The first-order valence-electron chi connectivity index (χ1n) is 20.7. The molecule has 1 amide bonds. The standard InChI is InChI=1S/C40H76NO10P/c1-3-5-7-9-11-13-15-17-18-20-22-24-26-28-30-32-39(44)51-36(33-42)34-49-52(47,48)50-35-37(40(45)46)41-38(43)31-29-27-25-23-21-19-16-14-12-10-8-6-4-2/h17-18,36-37,42H,3-16,19-35H2,1-2H3,(H,41,43)(H,45,46)(H,47,48)/b18-17-/t36-,37+/m1/s1. The molecule has 0 saturated carbocycles. The fourth-order valence-corrected chi connectivity index (χ4v) is 6.60. The third-order valence-electron chi connectivity index (χ3n) is 9.11. The number of carbonyl (C=O) groups excluding carboxylic acids is 2. The van der Waals surface area contributed by atoms with Crippen molar-refractivity contribution in [3.63, 3.8) is 0 Å². The highest BCUT2D eigenvalue weighted by Crippen LogP contribution is 2.43. The fourth-order valence-electron chi connectivity index (χ4n) is 5.84. The van der Waals surface area contributed by atoms with Gasteiger partial charge in [0.05, 0.1) is 19.8 Å². The maximum Gasteiger partial charge on any atom is 0.472 e. The molecular weight excluding hydrogens is 685 g/mol. The normalized spacial score (nSPS) is 13.9. The van der Waals surface area contributed by atoms with Crippen molar-refractivity contribution in [1.82, 2.24) is 5.32 Å². The Kier molecular flexibility index (Phi) is 35.0. The molecule has 0 aliphatic rings. The van der Waals surface area contributed by atoms with Gasteiger partial charge in [-0.2, -0.15) is 0 Å². The zero-order valence-corrected chi connectivity index (χ0v) is 33.8. The summed E-state index contributed by atoms with van der Waals surface area (Å²) in [5.74, 6) is -2.45. The van der Waals surface area contributed by atoms with Crippen molar-refractivity contribution in [3.05, 3.63) is 12.2 Å². The van der Waals surface area contributed by atoms with Crippen molar-refractivity contribution in [2.45, 2.75) is 206 Å². The molecule has 0 aliphatic heterocycles. The van der Waals surface area contributed by atoms with Crippen molar-refractivity contribution in [1.29, 1.82) is 0 Å². The van der Waals surface area contributed by atoms with Crippen LogP contribution in [0.1, 0.15) is 194 Å². The summed E-state index contributed by atoms with van der Waals surface area (Å²) >= 11 is 0. The van der Waals surface area contributed by atoms with Crippen molar-refractivity contribution >= 4 is 25.7 Å². The van der Waals surface area contributed by atoms with Crippen molar-refractivity contribution in [2.75, 3.05) is 19.8 Å². The van der Waals surface area contributed by atoms with Crippen LogP contribution in [0, 0.1) is 0 Å². The number of hydrogen-bond donors (Lipinski definition) is 4. The van der Waals surface area contributed by atoms with Gasteiger partial charge in [-0.3, -0.25) is 18.6 Å². The molecule has 4 N–H and O–H groups in total. The predicted octanol–water partition coefficient (Wildman–Crippen LogP) is 10.1. The fraction of sp³-hybridized carbons (Fsp3) is 0.875. The molecule has 3 atom stereocenters. The topological polar surface area (TPSA) is 169 Å². The predicted molar refractivity (Wildman–Crippen MR) is 208 cm³/mol. The van der Waals surface area contributed by atoms with Gasteiger partial charge in [-0.1, -0.05) is 154 Å². The Bertz CT molecular complexity index is 947. The molecule has 0 heterocycles. The number of esters is 1. The van der Waals surface area contributed by atoms with Crippen LogP contribution in [-0.2, 0) is 32.7 Å². The number of aliphatic hydroxyl groups excluding tert-OH is 1. The van der Waals surface area contributed by atoms with E-state index in [1.807, 2.05) is 0 Å². The van der Waals surface area contributed by atoms with Crippen LogP contribution in [0.3, 0.4) is 0 Å². The number of rotatable bonds is 39. The smallest absolute Gasteiger partial charge is 0.472 e. The molecule has 0 aliphatic carbocycles. The number of aliphatic hydroxyl groups is 1. The van der Waals surface area contributed by atoms with Crippen molar-refractivity contribution in [3.8, 4) is 0 Å². The summed E-state index contributed by atoms with van der Waals surface area (Å²) in [6, 6.07) is -1.55. The second-order valence-corrected chi connectivity index (χ2v) is 15.6. The number of allylic oxidation sites excluding steroid dienone is 2. The van der Waals surface area contributed by atoms with E-state index in [0.717, 1.165) is 57.8 Å². The summed E-state index contributed by atoms with van der Waals surface area (Å²) in [7, 11) is -4.77. The Labute approximate surface area is 316 Å². The van der Waals surface area contributed by atoms with Gasteiger partial charge in [-0.25, -0.2) is 9.36 Å². The molecule has 0 saturated heterocycles. The number of hydrogen-bond acceptors (Lipinski definition) is 8. The Hall–Kier alpha value is -1.78. The van der Waals surface area contributed by atoms with Gasteiger partial charge in [0, 0.05) is 12.8 Å². The zero-order valence-electron chi connectivity index (χ0n) is 32.9. The lowest BCUT2D eigenvalue weighted by molar-refractivity contribution is -0.153. The molecule has 1 unspecified atom stereocenters. The Morgan fingerprint density at radius 3 is 1.46 bits per heavy atom. The van der Waals surface area contributed by atoms with Gasteiger partial charge in [0.15, 0.2) is 6.04 Å². The number of amides is 1. The molecule has 11 nitrogen and oxygen atoms in total. The van der Waals surface area contributed by atoms with Gasteiger partial charge in [0.25, 0.3) is 0 Å². The molecule has 0 aromatic rings. The lowest BCUT2D eigenvalue weighted by atomic mass is 10.0. The number of ether oxygens (including phenoxy) is 1. The first kappa shape index (κ1) is 50.2. The monoisotopic (exact) mass is 762 g/mol. The van der Waals surface area contributed by atoms with Gasteiger partial charge in [0.1, 0.15) is 6.10 Å². The number of carbonyl (C=O) groups is 3. The minimum absolute atomic E-state index is 0.148. The Morgan fingerprint density at radius 2 is 1.02 bits per heavy atom. The van der Waals surface area contributed by atoms with E-state index in [4.69, 9.17) is 13.8 Å². The number of carboxylic acid groups (broad SMARTS) is 1. The first-order chi connectivity index (χ1) is 25.1. The zero-order chi connectivity index (χ0) is 38.5. The summed E-state index contributed by atoms with van der Waals surface area (Å²) in [6.07, 6.45) is 33.7. The van der Waals surface area contributed by atoms with Gasteiger partial charge in [-0.15, -0.1) is 0 Å². The van der Waals surface area contributed by atoms with Crippen LogP contribution < -0.4 is 5.32 Å². The van der Waals surface area contributed by atoms with E-state index in [-0.39, 0.29) is 12.8 Å². The summed E-state index contributed by atoms with van der Waals surface area (Å²) in [6.45, 7) is 2.41. The number of aliphatic carboxylic acids is 1. The van der Waals surface area contributed by atoms with Crippen LogP contribution in [-0.4, -0.2) is 64.9 Å². The third-order valence-corrected chi connectivity index (χ3v) is 10.1. The summed E-state index contributed by atoms with van der Waals surface area (Å²) < 4.78 is 27.2. The molecule has 0 fully saturated rings. The van der Waals surface area contributed by atoms with E-state index in [2.05, 4.69) is 31.3 Å². The van der Waals surface area contributed by atoms with Gasteiger partial charge in [-0.05, 0) is 38.5 Å². The number of carboxylic acids is 1. The van der Waals surface area contributed by atoms with E-state index in [0.29, 0.717) is 12.8 Å². The number of nitrogens with one attached hydrogen (secondary N) is 1. The first-order valence-corrected chi connectivity index (χ1v) is 22.2. The summed E-state index contributed by atoms with van der Waals surface area (Å²) in [4.78, 5) is 46.1. The van der Waals surface area contributed by atoms with Crippen LogP contribution in [0.2, 0.25) is 0 Å². The van der Waals surface area contributed by atoms with E-state index < -0.39 is 57.6 Å². The second kappa shape index (κ2) is 36.2. The average Bonchev–Trinajstić information content (AvgIpc) is 3.11. The quantitative estimate of drug-likeness (QED) is 0.0205. The SMILES string of the molecule is CCCCCCCC/C=C\CCCCCCCC(=O)O[C@H](CO)COP(=O)(O)OC[C@H](NC(=O)CCCCCCCCCCCCCCC)C(=O)O. The minimum atomic E-state index is -4.77. The molecule has 0 radical (unpaired) electrons. The molecule has 0 bridgehead atoms. The van der Waals surface area contributed by atoms with Crippen LogP contribution >= 0.6 is 7.82 Å². The molecule has 0 spiro atoms. The highest BCUT2D eigenvalue weighted by Gasteiger charge is 2.29. The van der Waals surface area contributed by atoms with Gasteiger partial charge in [0.2, 0.25) is 5.91 Å². The number of unbranched alkanes of at least 4 members (excludes halogenated alkanes) is 23. The average molecular weight is 762 g/mol. The molecule has 0 aromatic carbocycles. The largest absolute Gasteiger partial charge is 0.480 e. The maximum absolute atomic E-state index is 12.3. The van der Waals surface area contributed by atoms with Crippen LogP contribution in [0.25, 0.3) is 0 Å². The molecule has 306 valence electrons. The number of phosphoric acid groups is 1. The highest BCUT2D eigenvalue weighted by atomic mass is 31.2. The van der Waals surface area contributed by atoms with E-state index in [9.17, 15) is 34.1 Å². The number of phosphoric ester groups is 1. The Morgan fingerprint density at radius 1 is 0.615 bits per heavy atom. The second-order valence-electron chi connectivity index (χ2n) is 14.1. The third kappa shape index (κ3) is 34.0. The summed E-state index contributed by atoms with van der Waals surface area (Å²) in [5, 5.41) is 21.3. The molecule has 12 heteroatoms. The van der Waals surface area contributed by atoms with E-state index >= 15 is 0 Å². The van der Waals surface area contributed by atoms with Crippen molar-refractivity contribution < 1.29 is 47.8 Å². The maximum atomic E-state index is 12.3. The highest BCUT2D eigenvalue weighted by molar-refractivity contribution is 7.47. The molecule has 0 aromatic heterocycles. The molecule has 0 rings (SSSR count). The molecule has 52 heavy (non-hydrogen) atoms. The van der Waals surface area contributed by atoms with Gasteiger partial charge >= 0.3 is 19.8 Å². The van der Waals surface area contributed by atoms with E-state index in [1.54, 1.807) is 0 Å².